The van der Waals surface area contributed by atoms with Crippen molar-refractivity contribution in [1.82, 2.24) is 20.2 Å². The van der Waals surface area contributed by atoms with Crippen molar-refractivity contribution in [1.29, 1.82) is 0 Å². The zero-order valence-electron chi connectivity index (χ0n) is 24.3. The van der Waals surface area contributed by atoms with Crippen molar-refractivity contribution in [2.75, 3.05) is 44.2 Å². The van der Waals surface area contributed by atoms with E-state index in [1.165, 1.54) is 12.1 Å². The fraction of sp³-hybridized carbons (Fsp3) is 0.469. The van der Waals surface area contributed by atoms with Crippen LogP contribution in [0.1, 0.15) is 54.7 Å². The number of aromatic nitrogens is 2. The van der Waals surface area contributed by atoms with E-state index in [1.54, 1.807) is 17.2 Å². The number of benzene rings is 1. The molecule has 0 unspecified atom stereocenters. The molecule has 0 bridgehead atoms. The summed E-state index contributed by atoms with van der Waals surface area (Å²) in [6, 6.07) is 11.0. The van der Waals surface area contributed by atoms with E-state index in [9.17, 15) is 22.4 Å². The Morgan fingerprint density at radius 2 is 1.98 bits per heavy atom. The number of carbonyl (C=O) groups excluding carboxylic acids is 1. The molecule has 43 heavy (non-hydrogen) atoms. The lowest BCUT2D eigenvalue weighted by Gasteiger charge is -2.54. The van der Waals surface area contributed by atoms with Crippen molar-refractivity contribution < 1.29 is 27.1 Å². The fourth-order valence-electron chi connectivity index (χ4n) is 7.24. The lowest BCUT2D eigenvalue weighted by molar-refractivity contribution is -0.139. The molecule has 1 amide bonds. The zero-order chi connectivity index (χ0) is 30.4. The molecule has 3 aliphatic heterocycles. The number of nitrogens with one attached hydrogen (secondary N) is 1. The SMILES string of the molecule is CCOc1ncccc1-c1ccc2c(n1)C(=O)N([C@H]1CCNC1)C[C@]21CCN(c2cccc(F)c2C(F)(F)F)C[C@H]1CC. The third-order valence-corrected chi connectivity index (χ3v) is 9.31. The molecule has 6 rings (SSSR count). The normalized spacial score (nSPS) is 24.0. The van der Waals surface area contributed by atoms with Crippen molar-refractivity contribution in [3.63, 3.8) is 0 Å². The van der Waals surface area contributed by atoms with Gasteiger partial charge in [0, 0.05) is 43.8 Å². The Morgan fingerprint density at radius 3 is 2.70 bits per heavy atom. The van der Waals surface area contributed by atoms with E-state index in [0.717, 1.165) is 24.6 Å². The Hall–Kier alpha value is -3.73. The van der Waals surface area contributed by atoms with Gasteiger partial charge in [-0.1, -0.05) is 25.5 Å². The molecular weight excluding hydrogens is 562 g/mol. The number of hydrogen-bond donors (Lipinski definition) is 1. The van der Waals surface area contributed by atoms with Crippen LogP contribution in [0.2, 0.25) is 0 Å². The van der Waals surface area contributed by atoms with E-state index in [-0.39, 0.29) is 30.1 Å². The van der Waals surface area contributed by atoms with E-state index in [2.05, 4.69) is 10.3 Å². The number of fused-ring (bicyclic) bond motifs is 2. The zero-order valence-corrected chi connectivity index (χ0v) is 24.3. The molecule has 7 nitrogen and oxygen atoms in total. The lowest BCUT2D eigenvalue weighted by atomic mass is 9.62. The summed E-state index contributed by atoms with van der Waals surface area (Å²) in [5.41, 5.74) is 0.561. The van der Waals surface area contributed by atoms with Crippen LogP contribution >= 0.6 is 0 Å². The molecule has 3 aromatic rings. The third-order valence-electron chi connectivity index (χ3n) is 9.31. The molecule has 228 valence electrons. The standard InChI is InChI=1S/C32H35F4N5O2/c1-3-20-18-40(26-9-5-8-24(33)27(26)32(34,35)36)16-13-31(20)19-41(21-12-15-37-17-21)30(42)28-23(31)10-11-25(39-28)22-7-6-14-38-29(22)43-4-2/h5-11,14,20-21,37H,3-4,12-13,15-19H2,1-2H3/t20-,21+,31+/m1/s1. The molecule has 1 spiro atoms. The molecular formula is C32H35F4N5O2. The number of carbonyl (C=O) groups is 1. The third kappa shape index (κ3) is 5.11. The van der Waals surface area contributed by atoms with Crippen molar-refractivity contribution in [2.24, 2.45) is 5.92 Å². The summed E-state index contributed by atoms with van der Waals surface area (Å²) in [4.78, 5) is 27.0. The van der Waals surface area contributed by atoms with Crippen LogP contribution in [0.4, 0.5) is 23.2 Å². The highest BCUT2D eigenvalue weighted by atomic mass is 19.4. The molecule has 2 aromatic heterocycles. The smallest absolute Gasteiger partial charge is 0.421 e. The molecule has 2 saturated heterocycles. The molecule has 2 fully saturated rings. The highest BCUT2D eigenvalue weighted by Gasteiger charge is 2.52. The Morgan fingerprint density at radius 1 is 1.14 bits per heavy atom. The van der Waals surface area contributed by atoms with Crippen molar-refractivity contribution in [2.45, 2.75) is 50.7 Å². The Kier molecular flexibility index (Phi) is 7.78. The highest BCUT2D eigenvalue weighted by Crippen LogP contribution is 2.49. The summed E-state index contributed by atoms with van der Waals surface area (Å²) in [6.07, 6.45) is -1.20. The van der Waals surface area contributed by atoms with Crippen LogP contribution in [0.5, 0.6) is 5.88 Å². The van der Waals surface area contributed by atoms with Crippen LogP contribution in [0.15, 0.2) is 48.7 Å². The fourth-order valence-corrected chi connectivity index (χ4v) is 7.24. The van der Waals surface area contributed by atoms with Crippen LogP contribution in [0, 0.1) is 11.7 Å². The first-order chi connectivity index (χ1) is 20.7. The van der Waals surface area contributed by atoms with Gasteiger partial charge in [-0.15, -0.1) is 0 Å². The number of alkyl halides is 3. The molecule has 0 saturated carbocycles. The second kappa shape index (κ2) is 11.4. The minimum Gasteiger partial charge on any atom is -0.477 e. The second-order valence-electron chi connectivity index (χ2n) is 11.6. The van der Waals surface area contributed by atoms with Crippen LogP contribution in [0.3, 0.4) is 0 Å². The average Bonchev–Trinajstić information content (AvgIpc) is 3.54. The first kappa shape index (κ1) is 29.3. The molecule has 1 N–H and O–H groups in total. The minimum absolute atomic E-state index is 0.00375. The summed E-state index contributed by atoms with van der Waals surface area (Å²) < 4.78 is 62.2. The predicted molar refractivity (Wildman–Crippen MR) is 155 cm³/mol. The highest BCUT2D eigenvalue weighted by molar-refractivity contribution is 5.96. The van der Waals surface area contributed by atoms with Gasteiger partial charge in [0.1, 0.15) is 17.1 Å². The van der Waals surface area contributed by atoms with Gasteiger partial charge in [0.15, 0.2) is 0 Å². The molecule has 11 heteroatoms. The maximum atomic E-state index is 14.5. The molecule has 3 atom stereocenters. The lowest BCUT2D eigenvalue weighted by Crippen LogP contribution is -2.61. The summed E-state index contributed by atoms with van der Waals surface area (Å²) in [5.74, 6) is -1.09. The molecule has 5 heterocycles. The maximum Gasteiger partial charge on any atom is 0.421 e. The Bertz CT molecular complexity index is 1510. The van der Waals surface area contributed by atoms with Crippen LogP contribution < -0.4 is 15.0 Å². The van der Waals surface area contributed by atoms with Crippen molar-refractivity contribution in [3.8, 4) is 17.1 Å². The van der Waals surface area contributed by atoms with E-state index >= 15 is 0 Å². The van der Waals surface area contributed by atoms with Gasteiger partial charge in [-0.3, -0.25) is 4.79 Å². The van der Waals surface area contributed by atoms with Gasteiger partial charge in [-0.05, 0) is 68.1 Å². The second-order valence-corrected chi connectivity index (χ2v) is 11.6. The number of piperidine rings is 1. The van der Waals surface area contributed by atoms with E-state index in [1.807, 2.05) is 36.9 Å². The van der Waals surface area contributed by atoms with Gasteiger partial charge >= 0.3 is 6.18 Å². The van der Waals surface area contributed by atoms with E-state index in [0.29, 0.717) is 61.9 Å². The quantitative estimate of drug-likeness (QED) is 0.368. The molecule has 0 aliphatic carbocycles. The number of rotatable bonds is 6. The molecule has 0 radical (unpaired) electrons. The van der Waals surface area contributed by atoms with Gasteiger partial charge in [-0.25, -0.2) is 14.4 Å². The molecule has 1 aromatic carbocycles. The van der Waals surface area contributed by atoms with Crippen LogP contribution in [-0.2, 0) is 11.6 Å². The summed E-state index contributed by atoms with van der Waals surface area (Å²) in [6.45, 7) is 6.85. The Labute approximate surface area is 248 Å². The largest absolute Gasteiger partial charge is 0.477 e. The van der Waals surface area contributed by atoms with Crippen molar-refractivity contribution in [3.05, 3.63) is 71.3 Å². The topological polar surface area (TPSA) is 70.6 Å². The monoisotopic (exact) mass is 597 g/mol. The molecule has 3 aliphatic rings. The minimum atomic E-state index is -4.82. The Balaban J connectivity index is 1.44. The number of anilines is 1. The van der Waals surface area contributed by atoms with E-state index in [4.69, 9.17) is 9.72 Å². The van der Waals surface area contributed by atoms with Gasteiger partial charge in [-0.2, -0.15) is 13.2 Å². The maximum absolute atomic E-state index is 14.5. The number of halogens is 4. The van der Waals surface area contributed by atoms with Crippen LogP contribution in [-0.4, -0.2) is 66.1 Å². The van der Waals surface area contributed by atoms with Gasteiger partial charge in [0.25, 0.3) is 5.91 Å². The number of hydrogen-bond acceptors (Lipinski definition) is 6. The summed E-state index contributed by atoms with van der Waals surface area (Å²) in [5, 5.41) is 3.35. The number of pyridine rings is 2. The van der Waals surface area contributed by atoms with Gasteiger partial charge < -0.3 is 19.9 Å². The predicted octanol–water partition coefficient (Wildman–Crippen LogP) is 5.69. The first-order valence-electron chi connectivity index (χ1n) is 14.9. The summed E-state index contributed by atoms with van der Waals surface area (Å²) in [7, 11) is 0. The van der Waals surface area contributed by atoms with Crippen LogP contribution in [0.25, 0.3) is 11.3 Å². The number of nitrogens with zero attached hydrogens (tertiary/aromatic N) is 4. The van der Waals surface area contributed by atoms with Crippen molar-refractivity contribution >= 4 is 11.6 Å². The van der Waals surface area contributed by atoms with Gasteiger partial charge in [0.05, 0.1) is 23.6 Å². The summed E-state index contributed by atoms with van der Waals surface area (Å²) >= 11 is 0. The number of amides is 1. The first-order valence-corrected chi connectivity index (χ1v) is 14.9. The van der Waals surface area contributed by atoms with Gasteiger partial charge in [0.2, 0.25) is 5.88 Å². The average molecular weight is 598 g/mol. The number of ether oxygens (including phenoxy) is 1. The van der Waals surface area contributed by atoms with E-state index < -0.39 is 23.0 Å².